The van der Waals surface area contributed by atoms with E-state index in [1.807, 2.05) is 35.0 Å². The summed E-state index contributed by atoms with van der Waals surface area (Å²) in [6.45, 7) is 4.15. The van der Waals surface area contributed by atoms with Crippen LogP contribution in [-0.2, 0) is 0 Å². The molecule has 5 rings (SSSR count). The second-order valence-electron chi connectivity index (χ2n) is 8.10. The average molecular weight is 421 g/mol. The summed E-state index contributed by atoms with van der Waals surface area (Å²) in [7, 11) is 0. The molecular weight excluding hydrogens is 396 g/mol. The molecule has 0 bridgehead atoms. The number of para-hydroxylation sites is 1. The molecule has 158 valence electrons. The van der Waals surface area contributed by atoms with Gasteiger partial charge in [0.1, 0.15) is 11.4 Å². The molecule has 0 saturated heterocycles. The lowest BCUT2D eigenvalue weighted by molar-refractivity contribution is 0.102. The molecule has 0 spiro atoms. The van der Waals surface area contributed by atoms with Gasteiger partial charge in [0.25, 0.3) is 5.91 Å². The van der Waals surface area contributed by atoms with Crippen LogP contribution in [0.15, 0.2) is 91.1 Å². The molecule has 5 heteroatoms. The Hall–Kier alpha value is -4.12. The quantitative estimate of drug-likeness (QED) is 0.438. The van der Waals surface area contributed by atoms with E-state index in [-0.39, 0.29) is 11.9 Å². The van der Waals surface area contributed by atoms with Crippen LogP contribution >= 0.6 is 0 Å². The van der Waals surface area contributed by atoms with E-state index in [1.54, 1.807) is 6.20 Å². The Morgan fingerprint density at radius 2 is 1.56 bits per heavy atom. The van der Waals surface area contributed by atoms with Gasteiger partial charge in [-0.05, 0) is 43.2 Å². The Bertz CT molecular complexity index is 1290. The average Bonchev–Trinajstić information content (AvgIpc) is 3.24. The number of nitrogens with one attached hydrogen (secondary N) is 2. The number of rotatable bonds is 4. The number of amides is 1. The molecule has 0 unspecified atom stereocenters. The molecule has 32 heavy (non-hydrogen) atoms. The summed E-state index contributed by atoms with van der Waals surface area (Å²) >= 11 is 0. The molecule has 4 aromatic rings. The third kappa shape index (κ3) is 3.81. The van der Waals surface area contributed by atoms with E-state index >= 15 is 0 Å². The molecule has 1 atom stereocenters. The molecule has 0 fully saturated rings. The highest BCUT2D eigenvalue weighted by atomic mass is 16.1. The van der Waals surface area contributed by atoms with Crippen LogP contribution in [0.25, 0.3) is 5.70 Å². The minimum absolute atomic E-state index is 0.124. The van der Waals surface area contributed by atoms with Crippen LogP contribution in [0.5, 0.6) is 0 Å². The first kappa shape index (κ1) is 19.8. The number of benzene rings is 3. The fourth-order valence-electron chi connectivity index (χ4n) is 3.88. The van der Waals surface area contributed by atoms with E-state index in [1.165, 1.54) is 11.1 Å². The minimum atomic E-state index is -0.197. The Labute approximate surface area is 187 Å². The first-order chi connectivity index (χ1) is 15.6. The minimum Gasteiger partial charge on any atom is -0.339 e. The SMILES string of the molecule is Cc1ccc(C2=C[C@@H](c3ccc(C)cc3)n3ncc(C(=O)Nc4ccccc4)c3N2)cc1. The van der Waals surface area contributed by atoms with E-state index < -0.39 is 0 Å². The van der Waals surface area contributed by atoms with Crippen LogP contribution in [-0.4, -0.2) is 15.7 Å². The van der Waals surface area contributed by atoms with Crippen LogP contribution in [0.4, 0.5) is 11.5 Å². The molecule has 2 N–H and O–H groups in total. The second kappa shape index (κ2) is 8.19. The van der Waals surface area contributed by atoms with E-state index in [4.69, 9.17) is 0 Å². The van der Waals surface area contributed by atoms with Crippen molar-refractivity contribution in [3.8, 4) is 0 Å². The van der Waals surface area contributed by atoms with Gasteiger partial charge in [-0.3, -0.25) is 4.79 Å². The number of aryl methyl sites for hydroxylation is 2. The maximum Gasteiger partial charge on any atom is 0.261 e. The molecule has 1 aromatic heterocycles. The van der Waals surface area contributed by atoms with Crippen LogP contribution < -0.4 is 10.6 Å². The molecule has 3 aromatic carbocycles. The molecule has 0 radical (unpaired) electrons. The number of carbonyl (C=O) groups is 1. The summed E-state index contributed by atoms with van der Waals surface area (Å²) in [6, 6.07) is 26.1. The van der Waals surface area contributed by atoms with E-state index in [9.17, 15) is 4.79 Å². The van der Waals surface area contributed by atoms with Crippen molar-refractivity contribution in [2.45, 2.75) is 19.9 Å². The maximum absolute atomic E-state index is 13.1. The normalized spacial score (nSPS) is 14.8. The zero-order valence-corrected chi connectivity index (χ0v) is 18.0. The fraction of sp³-hybridized carbons (Fsp3) is 0.111. The molecular formula is C27H24N4O. The number of hydrogen-bond donors (Lipinski definition) is 2. The second-order valence-corrected chi connectivity index (χ2v) is 8.10. The Morgan fingerprint density at radius 3 is 2.25 bits per heavy atom. The summed E-state index contributed by atoms with van der Waals surface area (Å²) in [4.78, 5) is 13.1. The summed E-state index contributed by atoms with van der Waals surface area (Å²) in [6.07, 6.45) is 3.79. The standard InChI is InChI=1S/C27H24N4O/c1-18-8-12-20(13-9-18)24-16-25(21-14-10-19(2)11-15-21)31-26(30-24)23(17-28-31)27(32)29-22-6-4-3-5-7-22/h3-17,25,30H,1-2H3,(H,29,32)/t25-/m0/s1. The predicted octanol–water partition coefficient (Wildman–Crippen LogP) is 5.81. The van der Waals surface area contributed by atoms with Crippen molar-refractivity contribution in [3.63, 3.8) is 0 Å². The number of fused-ring (bicyclic) bond motifs is 1. The van der Waals surface area contributed by atoms with Crippen molar-refractivity contribution in [2.24, 2.45) is 0 Å². The molecule has 1 aliphatic heterocycles. The number of hydrogen-bond acceptors (Lipinski definition) is 3. The smallest absolute Gasteiger partial charge is 0.261 e. The molecule has 1 amide bonds. The van der Waals surface area contributed by atoms with Gasteiger partial charge in [0.2, 0.25) is 0 Å². The van der Waals surface area contributed by atoms with Crippen molar-refractivity contribution in [1.82, 2.24) is 9.78 Å². The first-order valence-corrected chi connectivity index (χ1v) is 10.6. The Balaban J connectivity index is 1.56. The summed E-state index contributed by atoms with van der Waals surface area (Å²) in [5.41, 5.74) is 6.79. The lowest BCUT2D eigenvalue weighted by Crippen LogP contribution is -2.22. The van der Waals surface area contributed by atoms with E-state index in [2.05, 4.69) is 84.2 Å². The van der Waals surface area contributed by atoms with Crippen LogP contribution in [0, 0.1) is 13.8 Å². The van der Waals surface area contributed by atoms with Crippen LogP contribution in [0.1, 0.15) is 38.7 Å². The number of carbonyl (C=O) groups excluding carboxylic acids is 1. The number of aromatic nitrogens is 2. The van der Waals surface area contributed by atoms with Gasteiger partial charge in [0.15, 0.2) is 0 Å². The zero-order chi connectivity index (χ0) is 22.1. The van der Waals surface area contributed by atoms with Crippen molar-refractivity contribution in [2.75, 3.05) is 10.6 Å². The monoisotopic (exact) mass is 420 g/mol. The van der Waals surface area contributed by atoms with Gasteiger partial charge in [-0.1, -0.05) is 77.9 Å². The lowest BCUT2D eigenvalue weighted by atomic mass is 10.00. The lowest BCUT2D eigenvalue weighted by Gasteiger charge is -2.26. The van der Waals surface area contributed by atoms with E-state index in [0.29, 0.717) is 11.4 Å². The van der Waals surface area contributed by atoms with Crippen molar-refractivity contribution < 1.29 is 4.79 Å². The highest BCUT2D eigenvalue weighted by Gasteiger charge is 2.27. The third-order valence-electron chi connectivity index (χ3n) is 5.69. The predicted molar refractivity (Wildman–Crippen MR) is 129 cm³/mol. The van der Waals surface area contributed by atoms with Crippen molar-refractivity contribution >= 4 is 23.1 Å². The number of anilines is 2. The topological polar surface area (TPSA) is 59.0 Å². The molecule has 0 aliphatic carbocycles. The molecule has 2 heterocycles. The summed E-state index contributed by atoms with van der Waals surface area (Å²) in [5.74, 6) is 0.486. The van der Waals surface area contributed by atoms with Gasteiger partial charge in [-0.15, -0.1) is 0 Å². The van der Waals surface area contributed by atoms with Gasteiger partial charge in [0, 0.05) is 11.4 Å². The molecule has 1 aliphatic rings. The van der Waals surface area contributed by atoms with Crippen molar-refractivity contribution in [1.29, 1.82) is 0 Å². The highest BCUT2D eigenvalue weighted by Crippen LogP contribution is 2.35. The maximum atomic E-state index is 13.1. The zero-order valence-electron chi connectivity index (χ0n) is 18.0. The van der Waals surface area contributed by atoms with E-state index in [0.717, 1.165) is 22.5 Å². The van der Waals surface area contributed by atoms with Gasteiger partial charge < -0.3 is 10.6 Å². The molecule has 0 saturated carbocycles. The third-order valence-corrected chi connectivity index (χ3v) is 5.69. The Morgan fingerprint density at radius 1 is 0.906 bits per heavy atom. The van der Waals surface area contributed by atoms with Gasteiger partial charge in [0.05, 0.1) is 12.2 Å². The van der Waals surface area contributed by atoms with Gasteiger partial charge >= 0.3 is 0 Å². The first-order valence-electron chi connectivity index (χ1n) is 10.6. The van der Waals surface area contributed by atoms with Gasteiger partial charge in [-0.2, -0.15) is 5.10 Å². The number of nitrogens with zero attached hydrogens (tertiary/aromatic N) is 2. The fourth-order valence-corrected chi connectivity index (χ4v) is 3.88. The highest BCUT2D eigenvalue weighted by molar-refractivity contribution is 6.08. The summed E-state index contributed by atoms with van der Waals surface area (Å²) < 4.78 is 1.88. The largest absolute Gasteiger partial charge is 0.339 e. The van der Waals surface area contributed by atoms with Crippen molar-refractivity contribution in [3.05, 3.63) is 119 Å². The van der Waals surface area contributed by atoms with Crippen LogP contribution in [0.2, 0.25) is 0 Å². The summed E-state index contributed by atoms with van der Waals surface area (Å²) in [5, 5.41) is 11.0. The molecule has 5 nitrogen and oxygen atoms in total. The Kier molecular flexibility index (Phi) is 5.07. The van der Waals surface area contributed by atoms with Gasteiger partial charge in [-0.25, -0.2) is 4.68 Å². The number of allylic oxidation sites excluding steroid dienone is 1. The van der Waals surface area contributed by atoms with Crippen LogP contribution in [0.3, 0.4) is 0 Å².